The maximum atomic E-state index is 12.9. The van der Waals surface area contributed by atoms with E-state index in [1.54, 1.807) is 49.9 Å². The Balaban J connectivity index is 0.000000329. The summed E-state index contributed by atoms with van der Waals surface area (Å²) in [6, 6.07) is 9.82. The average Bonchev–Trinajstić information content (AvgIpc) is 0.761. The number of hydrogen-bond donors (Lipinski definition) is 21. The Morgan fingerprint density at radius 2 is 1.07 bits per heavy atom. The molecule has 0 radical (unpaired) electrons. The van der Waals surface area contributed by atoms with Crippen LogP contribution in [0.2, 0.25) is 0 Å². The number of H-pyrrole nitrogens is 2. The lowest BCUT2D eigenvalue weighted by atomic mass is 9.98. The quantitative estimate of drug-likeness (QED) is 0.0191. The minimum atomic E-state index is -1.62. The number of fused-ring (bicyclic) bond motifs is 2. The maximum absolute atomic E-state index is 12.9. The smallest absolute Gasteiger partial charge is 0.326 e. The van der Waals surface area contributed by atoms with Crippen molar-refractivity contribution in [2.45, 2.75) is 205 Å². The summed E-state index contributed by atoms with van der Waals surface area (Å²) in [5, 5.41) is 118. The van der Waals surface area contributed by atoms with Gasteiger partial charge in [0.1, 0.15) is 60.9 Å². The summed E-state index contributed by atoms with van der Waals surface area (Å²) in [5.41, 5.74) is 12.9. The van der Waals surface area contributed by atoms with E-state index in [2.05, 4.69) is 77.1 Å². The van der Waals surface area contributed by atoms with Gasteiger partial charge in [0.2, 0.25) is 29.6 Å². The molecule has 2 aromatic carbocycles. The topological polar surface area (TPSA) is 656 Å². The van der Waals surface area contributed by atoms with Crippen LogP contribution in [0.1, 0.15) is 126 Å². The molecule has 3 saturated heterocycles. The summed E-state index contributed by atoms with van der Waals surface area (Å²) in [6.07, 6.45) is -14.2. The molecule has 7 heterocycles. The molecule has 5 amide bonds. The van der Waals surface area contributed by atoms with Crippen LogP contribution in [-0.4, -0.2) is 282 Å². The molecule has 630 valence electrons. The highest BCUT2D eigenvalue weighted by Crippen LogP contribution is 2.30. The molecular formula is C71H105N17O25S. The van der Waals surface area contributed by atoms with Crippen LogP contribution in [-0.2, 0) is 65.5 Å². The normalized spacial score (nSPS) is 22.8. The standard InChI is InChI=1S/C32H42N8O14.C21H24N8O5.C14H27NO6S.2C2H6/c1-51-30-24(46)23(45)25(19(12-41)53-30)54-31-22(44)18(42)8-16(52-31)11-35-20(43)7-6-17(29(49)50)38-27(47)13-2-4-14(5-3-13)34-9-15-10-36-26-21(37-15)28(48)40-32(33)39-26;1-2-23-15(30)8-7-14(20(33)34)27-18(31)11-3-5-12(6-4-11)24-9-13-10-25-17-16(26-13)19(32)29-21(22)28-17;1-3-15-10(16)5-8-22-7-4-6-20-14-13(19)12(18)11(17)9(2)21-14;2*1-2/h2-5,10,16-19,22-25,30-31,34,41-42,44-46H,6-9,11-12H2,1H3,(H,35,43)(H,38,47)(H,49,50)(H3,33,36,39,40,48);3-6,10,14,24H,2,7-9H2,1H3,(H,23,30)(H,27,31)(H,33,34)(H3,22,25,28,29,32);9,11-14,17-19H,3-8H2,1-2H3,(H,15,16);2*1-2H3/t16?,17?,18-,19?,22?,23+,24?,25+,30-,31+;;9?,11-,12?,13+,14+;;/m0.1../s1. The van der Waals surface area contributed by atoms with Crippen LogP contribution in [0.4, 0.5) is 23.3 Å². The maximum Gasteiger partial charge on any atom is 0.326 e. The molecule has 0 aliphatic carbocycles. The zero-order valence-electron chi connectivity index (χ0n) is 64.2. The van der Waals surface area contributed by atoms with E-state index in [9.17, 15) is 94.2 Å². The number of aromatic nitrogens is 8. The van der Waals surface area contributed by atoms with Crippen molar-refractivity contribution in [1.29, 1.82) is 0 Å². The second-order valence-electron chi connectivity index (χ2n) is 25.1. The van der Waals surface area contributed by atoms with Gasteiger partial charge in [-0.3, -0.25) is 43.5 Å². The van der Waals surface area contributed by atoms with Gasteiger partial charge in [-0.2, -0.15) is 21.7 Å². The fourth-order valence-electron chi connectivity index (χ4n) is 10.9. The average molecular weight is 1630 g/mol. The van der Waals surface area contributed by atoms with Gasteiger partial charge >= 0.3 is 11.9 Å². The van der Waals surface area contributed by atoms with Crippen LogP contribution in [0.25, 0.3) is 22.3 Å². The van der Waals surface area contributed by atoms with E-state index in [1.807, 2.05) is 34.6 Å². The Bertz CT molecular complexity index is 4160. The van der Waals surface area contributed by atoms with Gasteiger partial charge in [-0.15, -0.1) is 0 Å². The van der Waals surface area contributed by atoms with Gasteiger partial charge in [-0.1, -0.05) is 27.7 Å². The van der Waals surface area contributed by atoms with Crippen molar-refractivity contribution in [3.8, 4) is 0 Å². The summed E-state index contributed by atoms with van der Waals surface area (Å²) >= 11 is 1.66. The number of rotatable bonds is 34. The number of aliphatic carboxylic acids is 2. The number of carbonyl (C=O) groups excluding carboxylic acids is 5. The van der Waals surface area contributed by atoms with Gasteiger partial charge in [-0.05, 0) is 94.3 Å². The first-order chi connectivity index (χ1) is 54.5. The third-order valence-electron chi connectivity index (χ3n) is 16.9. The fraction of sp³-hybridized carbons (Fsp3) is 0.563. The lowest BCUT2D eigenvalue weighted by Gasteiger charge is -2.45. The van der Waals surface area contributed by atoms with Crippen molar-refractivity contribution in [2.24, 2.45) is 0 Å². The van der Waals surface area contributed by atoms with Crippen LogP contribution < -0.4 is 59.8 Å². The van der Waals surface area contributed by atoms with E-state index >= 15 is 0 Å². The minimum absolute atomic E-state index is 0.0130. The molecule has 6 aromatic rings. The van der Waals surface area contributed by atoms with Crippen molar-refractivity contribution in [3.63, 3.8) is 0 Å². The van der Waals surface area contributed by atoms with Crippen LogP contribution in [0.5, 0.6) is 0 Å². The second kappa shape index (κ2) is 48.4. The molecule has 4 aromatic heterocycles. The SMILES string of the molecule is CC.CC.CCNC(=O)CCC(NC(=O)c1ccc(NCc2cnc3nc(N)[nH]c(=O)c3n2)cc1)C(=O)O.CCNC(=O)CCSCCCO[C@H]1OC(C)[C@@H](O)C(O)[C@@H]1O.CO[C@H]1OC(CO)[C@@H](O[C@H]2OC(CNC(=O)CCC(NC(=O)c3ccc(NCc4cnc5nc(N)[nH]c(=O)c5n4)cc3)C(=O)O)C[C@H](O)C2O)[C@H](O)C1O. The monoisotopic (exact) mass is 1630 g/mol. The van der Waals surface area contributed by atoms with Crippen molar-refractivity contribution in [3.05, 3.63) is 104 Å². The number of carbonyl (C=O) groups is 7. The van der Waals surface area contributed by atoms with E-state index in [0.717, 1.165) is 17.9 Å². The number of nitrogens with one attached hydrogen (secondary N) is 9. The number of nitrogens with two attached hydrogens (primary N) is 2. The highest BCUT2D eigenvalue weighted by molar-refractivity contribution is 7.99. The van der Waals surface area contributed by atoms with Gasteiger partial charge in [0.05, 0.1) is 68.4 Å². The molecule has 114 heavy (non-hydrogen) atoms. The van der Waals surface area contributed by atoms with Gasteiger partial charge in [0.15, 0.2) is 41.2 Å². The zero-order chi connectivity index (χ0) is 84.3. The summed E-state index contributed by atoms with van der Waals surface area (Å²) < 4.78 is 32.4. The summed E-state index contributed by atoms with van der Waals surface area (Å²) in [5.74, 6) is -3.19. The number of aliphatic hydroxyl groups is 8. The number of methoxy groups -OCH3 is 1. The molecule has 0 saturated carbocycles. The Morgan fingerprint density at radius 1 is 0.596 bits per heavy atom. The predicted octanol–water partition coefficient (Wildman–Crippen LogP) is -2.17. The van der Waals surface area contributed by atoms with E-state index in [-0.39, 0.29) is 109 Å². The van der Waals surface area contributed by atoms with Crippen molar-refractivity contribution in [1.82, 2.24) is 66.5 Å². The molecular weight excluding hydrogens is 1520 g/mol. The zero-order valence-corrected chi connectivity index (χ0v) is 65.0. The van der Waals surface area contributed by atoms with Crippen molar-refractivity contribution >= 4 is 98.8 Å². The molecule has 43 heteroatoms. The number of nitrogen functional groups attached to an aromatic ring is 2. The Morgan fingerprint density at radius 3 is 1.54 bits per heavy atom. The Labute approximate surface area is 658 Å². The number of hydrogen-bond acceptors (Lipinski definition) is 34. The van der Waals surface area contributed by atoms with Crippen molar-refractivity contribution in [2.75, 3.05) is 73.6 Å². The van der Waals surface area contributed by atoms with Gasteiger partial charge < -0.3 is 128 Å². The molecule has 23 N–H and O–H groups in total. The summed E-state index contributed by atoms with van der Waals surface area (Å²) in [4.78, 5) is 137. The van der Waals surface area contributed by atoms with Crippen LogP contribution in [0.3, 0.4) is 0 Å². The number of amides is 5. The largest absolute Gasteiger partial charge is 0.480 e. The highest BCUT2D eigenvalue weighted by Gasteiger charge is 2.49. The number of carboxylic acids is 2. The van der Waals surface area contributed by atoms with Gasteiger partial charge in [-0.25, -0.2) is 29.5 Å². The molecule has 16 atom stereocenters. The lowest BCUT2D eigenvalue weighted by Crippen LogP contribution is -2.62. The molecule has 8 unspecified atom stereocenters. The lowest BCUT2D eigenvalue weighted by molar-refractivity contribution is -0.346. The number of aromatic amines is 2. The fourth-order valence-corrected chi connectivity index (χ4v) is 11.8. The van der Waals surface area contributed by atoms with Crippen LogP contribution in [0, 0.1) is 0 Å². The second-order valence-corrected chi connectivity index (χ2v) is 26.3. The first-order valence-corrected chi connectivity index (χ1v) is 38.0. The Kier molecular flexibility index (Phi) is 40.2. The number of anilines is 4. The van der Waals surface area contributed by atoms with E-state index in [4.69, 9.17) is 39.9 Å². The molecule has 42 nitrogen and oxygen atoms in total. The third kappa shape index (κ3) is 29.2. The van der Waals surface area contributed by atoms with E-state index in [1.165, 1.54) is 43.8 Å². The molecule has 3 aliphatic rings. The van der Waals surface area contributed by atoms with Crippen LogP contribution in [0.15, 0.2) is 70.5 Å². The number of carboxylic acid groups (broad SMARTS) is 2. The van der Waals surface area contributed by atoms with E-state index < -0.39 is 145 Å². The number of nitrogens with zero attached hydrogens (tertiary/aromatic N) is 6. The molecule has 0 bridgehead atoms. The molecule has 0 spiro atoms. The first-order valence-electron chi connectivity index (χ1n) is 36.8. The predicted molar refractivity (Wildman–Crippen MR) is 411 cm³/mol. The number of aliphatic hydroxyl groups excluding tert-OH is 8. The third-order valence-corrected chi connectivity index (χ3v) is 17.9. The molecule has 3 aliphatic heterocycles. The summed E-state index contributed by atoms with van der Waals surface area (Å²) in [6.45, 7) is 14.3. The number of benzene rings is 2. The first kappa shape index (κ1) is 94.8. The Hall–Kier alpha value is -9.84. The number of ether oxygens (including phenoxy) is 6. The van der Waals surface area contributed by atoms with Gasteiger partial charge in [0, 0.05) is 80.7 Å². The molecule has 3 fully saturated rings. The van der Waals surface area contributed by atoms with E-state index in [0.29, 0.717) is 48.9 Å². The molecule has 9 rings (SSSR count). The van der Waals surface area contributed by atoms with Gasteiger partial charge in [0.25, 0.3) is 22.9 Å². The van der Waals surface area contributed by atoms with Crippen molar-refractivity contribution < 1.29 is 113 Å². The minimum Gasteiger partial charge on any atom is -0.480 e. The number of thioether (sulfide) groups is 1. The van der Waals surface area contributed by atoms with Crippen LogP contribution >= 0.6 is 11.8 Å². The summed E-state index contributed by atoms with van der Waals surface area (Å²) in [7, 11) is 1.23. The highest BCUT2D eigenvalue weighted by atomic mass is 32.2.